The summed E-state index contributed by atoms with van der Waals surface area (Å²) < 4.78 is 10.2. The standard InChI is InChI=1S/C11H13N3O5/c15-4-6-3-14(11(17)19-6)8-2-1-7-10(12-8)13-9(16)5-18-7/h1-2,6,9,15-16H,3-5H2,(H,12,13)/t6-,9?/m1/s1. The Kier molecular flexibility index (Phi) is 2.88. The molecule has 3 N–H and O–H groups in total. The first-order valence-corrected chi connectivity index (χ1v) is 5.85. The molecule has 0 saturated carbocycles. The number of amides is 1. The van der Waals surface area contributed by atoms with Crippen LogP contribution >= 0.6 is 0 Å². The average molecular weight is 267 g/mol. The molecule has 2 atom stereocenters. The zero-order valence-corrected chi connectivity index (χ0v) is 9.94. The highest BCUT2D eigenvalue weighted by atomic mass is 16.6. The van der Waals surface area contributed by atoms with Crippen molar-refractivity contribution in [3.8, 4) is 5.75 Å². The summed E-state index contributed by atoms with van der Waals surface area (Å²) in [7, 11) is 0. The van der Waals surface area contributed by atoms with E-state index < -0.39 is 18.4 Å². The third kappa shape index (κ3) is 2.15. The number of nitrogens with zero attached hydrogens (tertiary/aromatic N) is 2. The predicted molar refractivity (Wildman–Crippen MR) is 64.1 cm³/mol. The number of aromatic nitrogens is 1. The lowest BCUT2D eigenvalue weighted by Gasteiger charge is -2.24. The summed E-state index contributed by atoms with van der Waals surface area (Å²) in [6.07, 6.45) is -1.92. The van der Waals surface area contributed by atoms with Crippen molar-refractivity contribution in [3.63, 3.8) is 0 Å². The van der Waals surface area contributed by atoms with Gasteiger partial charge in [0.05, 0.1) is 13.2 Å². The van der Waals surface area contributed by atoms with Crippen LogP contribution in [0.4, 0.5) is 16.4 Å². The first-order valence-electron chi connectivity index (χ1n) is 5.85. The van der Waals surface area contributed by atoms with E-state index in [0.717, 1.165) is 0 Å². The number of pyridine rings is 1. The van der Waals surface area contributed by atoms with Crippen molar-refractivity contribution in [1.82, 2.24) is 4.98 Å². The van der Waals surface area contributed by atoms with Crippen molar-refractivity contribution < 1.29 is 24.5 Å². The van der Waals surface area contributed by atoms with Crippen molar-refractivity contribution in [2.24, 2.45) is 0 Å². The number of fused-ring (bicyclic) bond motifs is 1. The van der Waals surface area contributed by atoms with Gasteiger partial charge < -0.3 is 25.0 Å². The third-order valence-electron chi connectivity index (χ3n) is 2.90. The van der Waals surface area contributed by atoms with Crippen LogP contribution in [0.25, 0.3) is 0 Å². The molecule has 19 heavy (non-hydrogen) atoms. The van der Waals surface area contributed by atoms with Gasteiger partial charge in [-0.15, -0.1) is 0 Å². The van der Waals surface area contributed by atoms with E-state index in [-0.39, 0.29) is 19.8 Å². The molecule has 2 aliphatic heterocycles. The van der Waals surface area contributed by atoms with E-state index >= 15 is 0 Å². The van der Waals surface area contributed by atoms with Crippen LogP contribution in [-0.4, -0.2) is 53.4 Å². The summed E-state index contributed by atoms with van der Waals surface area (Å²) in [5, 5.41) is 21.2. The molecule has 0 spiro atoms. The van der Waals surface area contributed by atoms with Gasteiger partial charge in [-0.05, 0) is 12.1 Å². The average Bonchev–Trinajstić information content (AvgIpc) is 2.79. The van der Waals surface area contributed by atoms with Gasteiger partial charge in [0.25, 0.3) is 0 Å². The van der Waals surface area contributed by atoms with Crippen molar-refractivity contribution >= 4 is 17.7 Å². The number of hydrogen-bond donors (Lipinski definition) is 3. The minimum absolute atomic E-state index is 0.145. The fourth-order valence-corrected chi connectivity index (χ4v) is 1.98. The van der Waals surface area contributed by atoms with E-state index in [2.05, 4.69) is 10.3 Å². The van der Waals surface area contributed by atoms with Gasteiger partial charge in [-0.3, -0.25) is 4.90 Å². The van der Waals surface area contributed by atoms with Crippen molar-refractivity contribution in [3.05, 3.63) is 12.1 Å². The maximum atomic E-state index is 11.6. The maximum absolute atomic E-state index is 11.6. The van der Waals surface area contributed by atoms with Crippen LogP contribution in [0.15, 0.2) is 12.1 Å². The summed E-state index contributed by atoms with van der Waals surface area (Å²) in [5.41, 5.74) is 0. The van der Waals surface area contributed by atoms with Crippen LogP contribution in [0.3, 0.4) is 0 Å². The molecule has 0 aromatic carbocycles. The van der Waals surface area contributed by atoms with Gasteiger partial charge in [0.2, 0.25) is 0 Å². The van der Waals surface area contributed by atoms with Gasteiger partial charge in [0, 0.05) is 0 Å². The van der Waals surface area contributed by atoms with Gasteiger partial charge in [-0.25, -0.2) is 9.78 Å². The molecule has 3 heterocycles. The summed E-state index contributed by atoms with van der Waals surface area (Å²) in [6.45, 7) is 0.157. The number of carbonyl (C=O) groups is 1. The highest BCUT2D eigenvalue weighted by Gasteiger charge is 2.33. The third-order valence-corrected chi connectivity index (χ3v) is 2.90. The normalized spacial score (nSPS) is 25.4. The van der Waals surface area contributed by atoms with Crippen LogP contribution in [-0.2, 0) is 4.74 Å². The molecule has 0 bridgehead atoms. The predicted octanol–water partition coefficient (Wildman–Crippen LogP) is -0.478. The zero-order valence-electron chi connectivity index (χ0n) is 9.94. The number of carbonyl (C=O) groups excluding carboxylic acids is 1. The van der Waals surface area contributed by atoms with Crippen LogP contribution in [0, 0.1) is 0 Å². The SMILES string of the molecule is O=C1O[C@@H](CO)CN1c1ccc2c(n1)NC(O)CO2. The van der Waals surface area contributed by atoms with Crippen LogP contribution in [0.2, 0.25) is 0 Å². The molecule has 1 saturated heterocycles. The largest absolute Gasteiger partial charge is 0.485 e. The minimum atomic E-state index is -0.828. The molecule has 3 rings (SSSR count). The van der Waals surface area contributed by atoms with Crippen molar-refractivity contribution in [1.29, 1.82) is 0 Å². The molecule has 2 aliphatic rings. The Hall–Kier alpha value is -2.06. The number of anilines is 2. The number of cyclic esters (lactones) is 1. The molecule has 1 aromatic heterocycles. The van der Waals surface area contributed by atoms with Gasteiger partial charge in [0.1, 0.15) is 18.5 Å². The summed E-state index contributed by atoms with van der Waals surface area (Å²) in [6, 6.07) is 3.29. The Morgan fingerprint density at radius 3 is 3.11 bits per heavy atom. The van der Waals surface area contributed by atoms with E-state index in [4.69, 9.17) is 14.6 Å². The maximum Gasteiger partial charge on any atom is 0.416 e. The molecular formula is C11H13N3O5. The quantitative estimate of drug-likeness (QED) is 0.665. The lowest BCUT2D eigenvalue weighted by Crippen LogP contribution is -2.32. The van der Waals surface area contributed by atoms with E-state index in [9.17, 15) is 9.90 Å². The number of aliphatic hydroxyl groups excluding tert-OH is 2. The Morgan fingerprint density at radius 1 is 1.53 bits per heavy atom. The van der Waals surface area contributed by atoms with E-state index in [1.807, 2.05) is 0 Å². The van der Waals surface area contributed by atoms with Gasteiger partial charge in [-0.2, -0.15) is 0 Å². The topological polar surface area (TPSA) is 104 Å². The lowest BCUT2D eigenvalue weighted by molar-refractivity contribution is 0.0963. The van der Waals surface area contributed by atoms with Crippen LogP contribution in [0.1, 0.15) is 0 Å². The van der Waals surface area contributed by atoms with E-state index in [1.165, 1.54) is 4.90 Å². The zero-order chi connectivity index (χ0) is 13.4. The molecule has 102 valence electrons. The second-order valence-electron chi connectivity index (χ2n) is 4.29. The van der Waals surface area contributed by atoms with Crippen molar-refractivity contribution in [2.75, 3.05) is 30.0 Å². The second-order valence-corrected chi connectivity index (χ2v) is 4.29. The summed E-state index contributed by atoms with van der Waals surface area (Å²) in [5.74, 6) is 1.27. The molecule has 8 heteroatoms. The van der Waals surface area contributed by atoms with Crippen LogP contribution < -0.4 is 15.0 Å². The highest BCUT2D eigenvalue weighted by molar-refractivity contribution is 5.89. The molecule has 1 amide bonds. The van der Waals surface area contributed by atoms with Gasteiger partial charge >= 0.3 is 6.09 Å². The molecular weight excluding hydrogens is 254 g/mol. The monoisotopic (exact) mass is 267 g/mol. The number of rotatable bonds is 2. The lowest BCUT2D eigenvalue weighted by atomic mass is 10.3. The Morgan fingerprint density at radius 2 is 2.37 bits per heavy atom. The number of aliphatic hydroxyl groups is 2. The van der Waals surface area contributed by atoms with Crippen LogP contribution in [0.5, 0.6) is 5.75 Å². The Bertz CT molecular complexity index is 509. The molecule has 1 fully saturated rings. The number of nitrogens with one attached hydrogen (secondary N) is 1. The van der Waals surface area contributed by atoms with Crippen molar-refractivity contribution in [2.45, 2.75) is 12.3 Å². The first-order chi connectivity index (χ1) is 9.17. The van der Waals surface area contributed by atoms with E-state index in [1.54, 1.807) is 12.1 Å². The molecule has 0 aliphatic carbocycles. The Balaban J connectivity index is 1.86. The fourth-order valence-electron chi connectivity index (χ4n) is 1.98. The minimum Gasteiger partial charge on any atom is -0.485 e. The highest BCUT2D eigenvalue weighted by Crippen LogP contribution is 2.30. The smallest absolute Gasteiger partial charge is 0.416 e. The van der Waals surface area contributed by atoms with E-state index in [0.29, 0.717) is 17.4 Å². The second kappa shape index (κ2) is 4.56. The molecule has 0 radical (unpaired) electrons. The molecule has 1 unspecified atom stereocenters. The molecule has 8 nitrogen and oxygen atoms in total. The van der Waals surface area contributed by atoms with Gasteiger partial charge in [0.15, 0.2) is 17.8 Å². The van der Waals surface area contributed by atoms with Gasteiger partial charge in [-0.1, -0.05) is 0 Å². The summed E-state index contributed by atoms with van der Waals surface area (Å²) in [4.78, 5) is 17.2. The fraction of sp³-hybridized carbons (Fsp3) is 0.455. The summed E-state index contributed by atoms with van der Waals surface area (Å²) >= 11 is 0. The molecule has 1 aromatic rings. The number of hydrogen-bond acceptors (Lipinski definition) is 7. The first kappa shape index (κ1) is 12.0. The number of ether oxygens (including phenoxy) is 2. The Labute approximate surface area is 108 Å².